The van der Waals surface area contributed by atoms with Crippen molar-refractivity contribution >= 4 is 43.6 Å². The summed E-state index contributed by atoms with van der Waals surface area (Å²) in [4.78, 5) is 1.38. The molecule has 0 atom stereocenters. The summed E-state index contributed by atoms with van der Waals surface area (Å²) < 4.78 is 0. The molecule has 0 bridgehead atoms. The second-order valence-corrected chi connectivity index (χ2v) is 6.72. The van der Waals surface area contributed by atoms with Crippen LogP contribution in [0.3, 0.4) is 0 Å². The van der Waals surface area contributed by atoms with Crippen molar-refractivity contribution < 1.29 is 0 Å². The molecule has 0 aliphatic heterocycles. The Labute approximate surface area is 126 Å². The maximum absolute atomic E-state index is 3.68. The number of halogens is 2. The molecule has 0 aliphatic rings. The highest BCUT2D eigenvalue weighted by molar-refractivity contribution is 9.09. The third-order valence-corrected chi connectivity index (χ3v) is 6.38. The van der Waals surface area contributed by atoms with Crippen LogP contribution in [0.2, 0.25) is 0 Å². The number of alkyl halides is 2. The molecule has 0 saturated heterocycles. The molecule has 96 valence electrons. The topological polar surface area (TPSA) is 0 Å². The average molecular weight is 380 g/mol. The van der Waals surface area contributed by atoms with Gasteiger partial charge in [0.05, 0.1) is 0 Å². The number of thioether (sulfide) groups is 1. The van der Waals surface area contributed by atoms with E-state index in [0.717, 1.165) is 10.7 Å². The van der Waals surface area contributed by atoms with Crippen molar-refractivity contribution in [3.8, 4) is 0 Å². The highest BCUT2D eigenvalue weighted by atomic mass is 79.9. The van der Waals surface area contributed by atoms with Gasteiger partial charge >= 0.3 is 0 Å². The molecule has 0 amide bonds. The lowest BCUT2D eigenvalue weighted by Gasteiger charge is -2.29. The van der Waals surface area contributed by atoms with Crippen LogP contribution in [0.25, 0.3) is 0 Å². The van der Waals surface area contributed by atoms with E-state index >= 15 is 0 Å². The second-order valence-electron chi connectivity index (χ2n) is 4.43. The molecular weight excluding hydrogens is 360 g/mol. The van der Waals surface area contributed by atoms with Crippen molar-refractivity contribution in [3.05, 3.63) is 30.3 Å². The van der Waals surface area contributed by atoms with E-state index < -0.39 is 0 Å². The first-order valence-electron chi connectivity index (χ1n) is 6.06. The van der Waals surface area contributed by atoms with Gasteiger partial charge in [0, 0.05) is 15.6 Å². The number of benzene rings is 1. The first-order valence-corrected chi connectivity index (χ1v) is 9.29. The first kappa shape index (κ1) is 15.6. The van der Waals surface area contributed by atoms with E-state index in [4.69, 9.17) is 0 Å². The lowest BCUT2D eigenvalue weighted by Crippen LogP contribution is -2.25. The highest BCUT2D eigenvalue weighted by Crippen LogP contribution is 2.35. The van der Waals surface area contributed by atoms with Crippen LogP contribution >= 0.6 is 43.6 Å². The molecule has 17 heavy (non-hydrogen) atoms. The predicted molar refractivity (Wildman–Crippen MR) is 86.7 cm³/mol. The third-order valence-electron chi connectivity index (χ3n) is 2.99. The van der Waals surface area contributed by atoms with Crippen molar-refractivity contribution in [1.29, 1.82) is 0 Å². The molecule has 0 saturated carbocycles. The van der Waals surface area contributed by atoms with Gasteiger partial charge in [-0.25, -0.2) is 0 Å². The van der Waals surface area contributed by atoms with Crippen LogP contribution in [-0.4, -0.2) is 16.4 Å². The summed E-state index contributed by atoms with van der Waals surface area (Å²) in [5.41, 5.74) is 0.427. The van der Waals surface area contributed by atoms with Crippen molar-refractivity contribution in [1.82, 2.24) is 0 Å². The van der Waals surface area contributed by atoms with Crippen LogP contribution in [0.5, 0.6) is 0 Å². The van der Waals surface area contributed by atoms with Crippen LogP contribution in [-0.2, 0) is 0 Å². The Hall–Kier alpha value is 0.530. The normalized spacial score (nSPS) is 11.7. The van der Waals surface area contributed by atoms with E-state index in [2.05, 4.69) is 69.1 Å². The minimum atomic E-state index is 0.427. The summed E-state index contributed by atoms with van der Waals surface area (Å²) in [5.74, 6) is 1.20. The van der Waals surface area contributed by atoms with Crippen molar-refractivity contribution in [2.75, 3.05) is 16.4 Å². The maximum Gasteiger partial charge on any atom is 0.00962 e. The quantitative estimate of drug-likeness (QED) is 0.409. The smallest absolute Gasteiger partial charge is 0.00962 e. The summed E-state index contributed by atoms with van der Waals surface area (Å²) in [5, 5.41) is 2.18. The molecule has 0 fully saturated rings. The predicted octanol–water partition coefficient (Wildman–Crippen LogP) is 5.75. The summed E-state index contributed by atoms with van der Waals surface area (Å²) >= 11 is 9.33. The zero-order valence-corrected chi connectivity index (χ0v) is 14.3. The number of hydrogen-bond donors (Lipinski definition) is 0. The van der Waals surface area contributed by atoms with E-state index in [1.54, 1.807) is 0 Å². The molecule has 0 aliphatic carbocycles. The van der Waals surface area contributed by atoms with Crippen LogP contribution in [0.15, 0.2) is 35.2 Å². The molecule has 0 unspecified atom stereocenters. The van der Waals surface area contributed by atoms with Crippen molar-refractivity contribution in [2.45, 2.75) is 31.1 Å². The van der Waals surface area contributed by atoms with E-state index in [1.807, 2.05) is 11.8 Å². The average Bonchev–Trinajstić information content (AvgIpc) is 2.39. The fourth-order valence-electron chi connectivity index (χ4n) is 1.86. The Kier molecular flexibility index (Phi) is 7.89. The third kappa shape index (κ3) is 5.35. The van der Waals surface area contributed by atoms with Gasteiger partial charge in [0.1, 0.15) is 0 Å². The lowest BCUT2D eigenvalue weighted by molar-refractivity contribution is 0.344. The van der Waals surface area contributed by atoms with Gasteiger partial charge in [-0.2, -0.15) is 0 Å². The van der Waals surface area contributed by atoms with Gasteiger partial charge in [-0.1, -0.05) is 63.4 Å². The van der Waals surface area contributed by atoms with Crippen molar-refractivity contribution in [2.24, 2.45) is 5.41 Å². The lowest BCUT2D eigenvalue weighted by atomic mass is 9.85. The maximum atomic E-state index is 3.68. The molecule has 1 aromatic rings. The molecule has 1 rings (SSSR count). The fraction of sp³-hybridized carbons (Fsp3) is 0.571. The van der Waals surface area contributed by atoms with Crippen LogP contribution < -0.4 is 0 Å². The minimum absolute atomic E-state index is 0.427. The molecule has 0 spiro atoms. The Balaban J connectivity index is 2.42. The molecule has 1 aromatic carbocycles. The standard InChI is InChI=1S/C14H20Br2S/c1-2-8-14(11-15,12-16)9-10-17-13-6-4-3-5-7-13/h3-7H,2,8-12H2,1H3. The van der Waals surface area contributed by atoms with Gasteiger partial charge in [-0.05, 0) is 36.1 Å². The molecule has 0 nitrogen and oxygen atoms in total. The summed E-state index contributed by atoms with van der Waals surface area (Å²) in [6.45, 7) is 2.27. The molecule has 0 aromatic heterocycles. The van der Waals surface area contributed by atoms with E-state index in [1.165, 1.54) is 29.9 Å². The summed E-state index contributed by atoms with van der Waals surface area (Å²) in [6.07, 6.45) is 3.81. The molecule has 0 N–H and O–H groups in total. The first-order chi connectivity index (χ1) is 8.26. The van der Waals surface area contributed by atoms with Gasteiger partial charge in [0.2, 0.25) is 0 Å². The monoisotopic (exact) mass is 378 g/mol. The van der Waals surface area contributed by atoms with E-state index in [0.29, 0.717) is 5.41 Å². The summed E-state index contributed by atoms with van der Waals surface area (Å²) in [7, 11) is 0. The Morgan fingerprint density at radius 3 is 2.24 bits per heavy atom. The Morgan fingerprint density at radius 2 is 1.71 bits per heavy atom. The summed E-state index contributed by atoms with van der Waals surface area (Å²) in [6, 6.07) is 10.7. The Bertz CT molecular complexity index is 296. The van der Waals surface area contributed by atoms with E-state index in [-0.39, 0.29) is 0 Å². The van der Waals surface area contributed by atoms with Crippen LogP contribution in [0.1, 0.15) is 26.2 Å². The number of hydrogen-bond acceptors (Lipinski definition) is 1. The number of rotatable bonds is 8. The van der Waals surface area contributed by atoms with Gasteiger partial charge in [0.25, 0.3) is 0 Å². The Morgan fingerprint density at radius 1 is 1.06 bits per heavy atom. The van der Waals surface area contributed by atoms with Gasteiger partial charge in [-0.15, -0.1) is 11.8 Å². The zero-order valence-electron chi connectivity index (χ0n) is 10.3. The van der Waals surface area contributed by atoms with Gasteiger partial charge < -0.3 is 0 Å². The molecule has 3 heteroatoms. The highest BCUT2D eigenvalue weighted by Gasteiger charge is 2.26. The van der Waals surface area contributed by atoms with Crippen LogP contribution in [0.4, 0.5) is 0 Å². The SMILES string of the molecule is CCCC(CBr)(CBr)CCSc1ccccc1. The van der Waals surface area contributed by atoms with Gasteiger partial charge in [0.15, 0.2) is 0 Å². The van der Waals surface area contributed by atoms with Gasteiger partial charge in [-0.3, -0.25) is 0 Å². The van der Waals surface area contributed by atoms with E-state index in [9.17, 15) is 0 Å². The molecule has 0 radical (unpaired) electrons. The zero-order chi connectivity index (χ0) is 12.6. The molecular formula is C14H20Br2S. The van der Waals surface area contributed by atoms with Crippen molar-refractivity contribution in [3.63, 3.8) is 0 Å². The minimum Gasteiger partial charge on any atom is -0.126 e. The van der Waals surface area contributed by atoms with Crippen LogP contribution in [0, 0.1) is 5.41 Å². The second kappa shape index (κ2) is 8.60. The molecule has 0 heterocycles. The fourth-order valence-corrected chi connectivity index (χ4v) is 5.03. The largest absolute Gasteiger partial charge is 0.126 e.